The second kappa shape index (κ2) is 6.40. The maximum absolute atomic E-state index is 12.3. The molecule has 0 bridgehead atoms. The van der Waals surface area contributed by atoms with Crippen LogP contribution in [0.1, 0.15) is 35.1 Å². The van der Waals surface area contributed by atoms with Gasteiger partial charge in [0.1, 0.15) is 13.2 Å². The Hall–Kier alpha value is -2.01. The Morgan fingerprint density at radius 3 is 2.64 bits per heavy atom. The Bertz CT molecular complexity index is 652. The van der Waals surface area contributed by atoms with Crippen LogP contribution < -0.4 is 14.8 Å². The molecule has 3 rings (SSSR count). The second-order valence-corrected chi connectivity index (χ2v) is 6.52. The van der Waals surface area contributed by atoms with Gasteiger partial charge in [0.25, 0.3) is 5.91 Å². The van der Waals surface area contributed by atoms with Gasteiger partial charge in [0.2, 0.25) is 0 Å². The van der Waals surface area contributed by atoms with Crippen molar-refractivity contribution in [3.63, 3.8) is 0 Å². The highest BCUT2D eigenvalue weighted by Crippen LogP contribution is 2.34. The molecule has 1 aliphatic rings. The third-order valence-corrected chi connectivity index (χ3v) is 4.49. The van der Waals surface area contributed by atoms with Gasteiger partial charge in [-0.05, 0) is 35.1 Å². The van der Waals surface area contributed by atoms with Crippen LogP contribution in [-0.2, 0) is 0 Å². The molecule has 1 aliphatic heterocycles. The molecule has 0 fully saturated rings. The fourth-order valence-corrected chi connectivity index (χ4v) is 3.14. The van der Waals surface area contributed by atoms with E-state index < -0.39 is 0 Å². The first-order valence-electron chi connectivity index (χ1n) is 7.39. The Morgan fingerprint density at radius 2 is 1.95 bits per heavy atom. The average molecular weight is 317 g/mol. The van der Waals surface area contributed by atoms with E-state index in [-0.39, 0.29) is 17.9 Å². The third-order valence-electron chi connectivity index (χ3n) is 3.62. The fraction of sp³-hybridized carbons (Fsp3) is 0.353. The number of nitrogens with one attached hydrogen (secondary N) is 1. The first kappa shape index (κ1) is 14.9. The Balaban J connectivity index is 1.83. The highest BCUT2D eigenvalue weighted by molar-refractivity contribution is 7.12. The summed E-state index contributed by atoms with van der Waals surface area (Å²) in [6.45, 7) is 5.33. The molecule has 0 saturated carbocycles. The summed E-state index contributed by atoms with van der Waals surface area (Å²) in [6.07, 6.45) is 0. The van der Waals surface area contributed by atoms with Gasteiger partial charge in [-0.1, -0.05) is 26.0 Å². The predicted octanol–water partition coefficient (Wildman–Crippen LogP) is 3.65. The second-order valence-electron chi connectivity index (χ2n) is 5.58. The van der Waals surface area contributed by atoms with Gasteiger partial charge in [-0.25, -0.2) is 0 Å². The molecule has 1 aromatic heterocycles. The van der Waals surface area contributed by atoms with Crippen LogP contribution in [0.25, 0.3) is 0 Å². The van der Waals surface area contributed by atoms with Crippen LogP contribution in [0, 0.1) is 5.92 Å². The number of hydrogen-bond donors (Lipinski definition) is 1. The van der Waals surface area contributed by atoms with Gasteiger partial charge in [0, 0.05) is 0 Å². The molecule has 0 spiro atoms. The third kappa shape index (κ3) is 3.09. The summed E-state index contributed by atoms with van der Waals surface area (Å²) in [6, 6.07) is 9.53. The first-order valence-corrected chi connectivity index (χ1v) is 8.27. The largest absolute Gasteiger partial charge is 0.486 e. The Morgan fingerprint density at radius 1 is 1.18 bits per heavy atom. The van der Waals surface area contributed by atoms with Crippen molar-refractivity contribution >= 4 is 17.2 Å². The van der Waals surface area contributed by atoms with Crippen LogP contribution in [0.15, 0.2) is 35.7 Å². The molecule has 2 aromatic rings. The Labute approximate surface area is 134 Å². The van der Waals surface area contributed by atoms with Gasteiger partial charge in [-0.3, -0.25) is 4.79 Å². The standard InChI is InChI=1S/C17H19NO3S/c1-11(2)16(18-17(19)15-4-3-9-22-15)12-5-6-13-14(10-12)21-8-7-20-13/h3-6,9-11,16H,7-8H2,1-2H3,(H,18,19). The van der Waals surface area contributed by atoms with Crippen LogP contribution in [0.3, 0.4) is 0 Å². The molecule has 5 heteroatoms. The number of amides is 1. The van der Waals surface area contributed by atoms with Crippen molar-refractivity contribution in [2.75, 3.05) is 13.2 Å². The van der Waals surface area contributed by atoms with Crippen LogP contribution in [-0.4, -0.2) is 19.1 Å². The summed E-state index contributed by atoms with van der Waals surface area (Å²) in [4.78, 5) is 13.1. The van der Waals surface area contributed by atoms with Crippen molar-refractivity contribution in [3.8, 4) is 11.5 Å². The van der Waals surface area contributed by atoms with Gasteiger partial charge in [0.05, 0.1) is 10.9 Å². The molecular weight excluding hydrogens is 298 g/mol. The zero-order valence-electron chi connectivity index (χ0n) is 12.7. The number of thiophene rings is 1. The maximum Gasteiger partial charge on any atom is 0.261 e. The van der Waals surface area contributed by atoms with Crippen molar-refractivity contribution in [1.29, 1.82) is 0 Å². The number of rotatable bonds is 4. The molecule has 0 radical (unpaired) electrons. The van der Waals surface area contributed by atoms with Gasteiger partial charge in [-0.2, -0.15) is 0 Å². The minimum absolute atomic E-state index is 0.0383. The summed E-state index contributed by atoms with van der Waals surface area (Å²) in [5.41, 5.74) is 1.03. The van der Waals surface area contributed by atoms with Crippen molar-refractivity contribution in [1.82, 2.24) is 5.32 Å². The molecule has 22 heavy (non-hydrogen) atoms. The zero-order valence-corrected chi connectivity index (χ0v) is 13.5. The van der Waals surface area contributed by atoms with Gasteiger partial charge in [0.15, 0.2) is 11.5 Å². The minimum Gasteiger partial charge on any atom is -0.486 e. The average Bonchev–Trinajstić information content (AvgIpc) is 3.06. The highest BCUT2D eigenvalue weighted by atomic mass is 32.1. The van der Waals surface area contributed by atoms with Crippen molar-refractivity contribution < 1.29 is 14.3 Å². The smallest absolute Gasteiger partial charge is 0.261 e. The molecule has 1 N–H and O–H groups in total. The molecule has 1 unspecified atom stereocenters. The van der Waals surface area contributed by atoms with E-state index in [1.165, 1.54) is 11.3 Å². The van der Waals surface area contributed by atoms with Gasteiger partial charge < -0.3 is 14.8 Å². The van der Waals surface area contributed by atoms with E-state index in [0.29, 0.717) is 13.2 Å². The SMILES string of the molecule is CC(C)C(NC(=O)c1cccs1)c1ccc2c(c1)OCCO2. The van der Waals surface area contributed by atoms with Crippen LogP contribution in [0.5, 0.6) is 11.5 Å². The van der Waals surface area contributed by atoms with Gasteiger partial charge in [-0.15, -0.1) is 11.3 Å². The van der Waals surface area contributed by atoms with E-state index in [2.05, 4.69) is 19.2 Å². The molecule has 0 saturated heterocycles. The lowest BCUT2D eigenvalue weighted by molar-refractivity contribution is 0.0929. The maximum atomic E-state index is 12.3. The van der Waals surface area contributed by atoms with Gasteiger partial charge >= 0.3 is 0 Å². The lowest BCUT2D eigenvalue weighted by Crippen LogP contribution is -2.31. The number of carbonyl (C=O) groups is 1. The highest BCUT2D eigenvalue weighted by Gasteiger charge is 2.22. The number of ether oxygens (including phenoxy) is 2. The predicted molar refractivity (Wildman–Crippen MR) is 86.8 cm³/mol. The molecule has 1 atom stereocenters. The van der Waals surface area contributed by atoms with Crippen molar-refractivity contribution in [2.45, 2.75) is 19.9 Å². The minimum atomic E-state index is -0.0644. The molecule has 1 amide bonds. The lowest BCUT2D eigenvalue weighted by Gasteiger charge is -2.25. The van der Waals surface area contributed by atoms with E-state index in [0.717, 1.165) is 21.9 Å². The van der Waals surface area contributed by atoms with Crippen LogP contribution in [0.4, 0.5) is 0 Å². The molecule has 116 valence electrons. The number of fused-ring (bicyclic) bond motifs is 1. The van der Waals surface area contributed by atoms with E-state index in [4.69, 9.17) is 9.47 Å². The topological polar surface area (TPSA) is 47.6 Å². The number of carbonyl (C=O) groups excluding carboxylic acids is 1. The van der Waals surface area contributed by atoms with E-state index in [1.54, 1.807) is 0 Å². The number of hydrogen-bond acceptors (Lipinski definition) is 4. The molecule has 2 heterocycles. The fourth-order valence-electron chi connectivity index (χ4n) is 2.51. The monoisotopic (exact) mass is 317 g/mol. The summed E-state index contributed by atoms with van der Waals surface area (Å²) >= 11 is 1.45. The van der Waals surface area contributed by atoms with E-state index >= 15 is 0 Å². The Kier molecular flexibility index (Phi) is 4.34. The first-order chi connectivity index (χ1) is 10.6. The van der Waals surface area contributed by atoms with E-state index in [1.807, 2.05) is 35.7 Å². The van der Waals surface area contributed by atoms with Crippen LogP contribution >= 0.6 is 11.3 Å². The molecule has 4 nitrogen and oxygen atoms in total. The quantitative estimate of drug-likeness (QED) is 0.936. The molecule has 1 aromatic carbocycles. The summed E-state index contributed by atoms with van der Waals surface area (Å²) in [7, 11) is 0. The van der Waals surface area contributed by atoms with Crippen LogP contribution in [0.2, 0.25) is 0 Å². The normalized spacial score (nSPS) is 14.7. The molecule has 0 aliphatic carbocycles. The summed E-state index contributed by atoms with van der Waals surface area (Å²) in [5, 5.41) is 5.02. The summed E-state index contributed by atoms with van der Waals surface area (Å²) < 4.78 is 11.2. The zero-order chi connectivity index (χ0) is 15.5. The molecular formula is C17H19NO3S. The lowest BCUT2D eigenvalue weighted by atomic mass is 9.95. The van der Waals surface area contributed by atoms with Crippen molar-refractivity contribution in [2.24, 2.45) is 5.92 Å². The van der Waals surface area contributed by atoms with Crippen molar-refractivity contribution in [3.05, 3.63) is 46.2 Å². The summed E-state index contributed by atoms with van der Waals surface area (Å²) in [5.74, 6) is 1.75. The number of benzene rings is 1. The van der Waals surface area contributed by atoms with E-state index in [9.17, 15) is 4.79 Å².